The van der Waals surface area contributed by atoms with Crippen LogP contribution < -0.4 is 4.74 Å². The average Bonchev–Trinajstić information content (AvgIpc) is 2.16. The zero-order chi connectivity index (χ0) is 12.7. The third kappa shape index (κ3) is 2.81. The number of ether oxygens (including phenoxy) is 1. The molecule has 0 unspecified atom stereocenters. The van der Waals surface area contributed by atoms with Crippen molar-refractivity contribution in [3.05, 3.63) is 29.3 Å². The highest BCUT2D eigenvalue weighted by Crippen LogP contribution is 2.37. The Labute approximate surface area is 104 Å². The molecule has 0 saturated carbocycles. The topological polar surface area (TPSA) is 29.5 Å². The third-order valence-corrected chi connectivity index (χ3v) is 3.21. The van der Waals surface area contributed by atoms with Gasteiger partial charge >= 0.3 is 0 Å². The molecule has 0 aromatic heterocycles. The van der Waals surface area contributed by atoms with E-state index in [4.69, 9.17) is 4.74 Å². The zero-order valence-electron chi connectivity index (χ0n) is 11.2. The molecule has 1 atom stereocenters. The number of hydrogen-bond acceptors (Lipinski definition) is 2. The second-order valence-electron chi connectivity index (χ2n) is 6.44. The van der Waals surface area contributed by atoms with Crippen molar-refractivity contribution in [2.75, 3.05) is 6.61 Å². The Morgan fingerprint density at radius 1 is 1.35 bits per heavy atom. The average molecular weight is 234 g/mol. The number of rotatable bonds is 1. The van der Waals surface area contributed by atoms with E-state index in [0.29, 0.717) is 13.0 Å². The van der Waals surface area contributed by atoms with E-state index >= 15 is 0 Å². The minimum absolute atomic E-state index is 0.260. The molecule has 0 fully saturated rings. The first kappa shape index (κ1) is 12.4. The molecule has 0 saturated heterocycles. The molecule has 0 radical (unpaired) electrons. The highest BCUT2D eigenvalue weighted by Gasteiger charge is 2.31. The van der Waals surface area contributed by atoms with Crippen LogP contribution in [0.2, 0.25) is 0 Å². The fourth-order valence-corrected chi connectivity index (χ4v) is 2.34. The lowest BCUT2D eigenvalue weighted by atomic mass is 9.84. The van der Waals surface area contributed by atoms with Crippen LogP contribution in [0.5, 0.6) is 5.75 Å². The molecule has 0 aliphatic carbocycles. The first-order valence-electron chi connectivity index (χ1n) is 6.27. The summed E-state index contributed by atoms with van der Waals surface area (Å²) in [5.41, 5.74) is 1.71. The highest BCUT2D eigenvalue weighted by atomic mass is 16.5. The minimum atomic E-state index is -0.749. The maximum absolute atomic E-state index is 10.4. The van der Waals surface area contributed by atoms with Gasteiger partial charge in [-0.3, -0.25) is 0 Å². The summed E-state index contributed by atoms with van der Waals surface area (Å²) >= 11 is 0. The molecule has 0 amide bonds. The predicted molar refractivity (Wildman–Crippen MR) is 69.3 cm³/mol. The van der Waals surface area contributed by atoms with Crippen molar-refractivity contribution in [3.63, 3.8) is 0 Å². The SMILES string of the molecule is CC(C)(C)Cc1ccc2c(c1)[C@](C)(O)CCO2. The summed E-state index contributed by atoms with van der Waals surface area (Å²) in [6.45, 7) is 9.14. The summed E-state index contributed by atoms with van der Waals surface area (Å²) in [7, 11) is 0. The quantitative estimate of drug-likeness (QED) is 0.808. The Hall–Kier alpha value is -1.02. The lowest BCUT2D eigenvalue weighted by Crippen LogP contribution is -2.29. The smallest absolute Gasteiger partial charge is 0.125 e. The Bertz CT molecular complexity index is 413. The van der Waals surface area contributed by atoms with Crippen molar-refractivity contribution < 1.29 is 9.84 Å². The summed E-state index contributed by atoms with van der Waals surface area (Å²) in [6, 6.07) is 6.19. The van der Waals surface area contributed by atoms with Crippen LogP contribution in [0, 0.1) is 5.41 Å². The lowest BCUT2D eigenvalue weighted by molar-refractivity contribution is 0.0145. The minimum Gasteiger partial charge on any atom is -0.493 e. The van der Waals surface area contributed by atoms with Gasteiger partial charge < -0.3 is 9.84 Å². The van der Waals surface area contributed by atoms with Gasteiger partial charge in [0.1, 0.15) is 5.75 Å². The van der Waals surface area contributed by atoms with Gasteiger partial charge in [0.25, 0.3) is 0 Å². The molecule has 2 nitrogen and oxygen atoms in total. The van der Waals surface area contributed by atoms with Crippen LogP contribution in [0.15, 0.2) is 18.2 Å². The Balaban J connectivity index is 2.35. The number of hydrogen-bond donors (Lipinski definition) is 1. The maximum atomic E-state index is 10.4. The molecule has 0 bridgehead atoms. The molecule has 1 aliphatic heterocycles. The van der Waals surface area contributed by atoms with Gasteiger partial charge in [0.05, 0.1) is 12.2 Å². The summed E-state index contributed by atoms with van der Waals surface area (Å²) in [4.78, 5) is 0. The lowest BCUT2D eigenvalue weighted by Gasteiger charge is -2.32. The molecular formula is C15H22O2. The molecule has 1 heterocycles. The van der Waals surface area contributed by atoms with E-state index in [9.17, 15) is 5.11 Å². The van der Waals surface area contributed by atoms with Crippen molar-refractivity contribution >= 4 is 0 Å². The molecule has 2 heteroatoms. The standard InChI is InChI=1S/C15H22O2/c1-14(2,3)10-11-5-6-13-12(9-11)15(4,16)7-8-17-13/h5-6,9,16H,7-8,10H2,1-4H3/t15-/m1/s1. The summed E-state index contributed by atoms with van der Waals surface area (Å²) in [6.07, 6.45) is 1.68. The van der Waals surface area contributed by atoms with Crippen LogP contribution in [0.4, 0.5) is 0 Å². The summed E-state index contributed by atoms with van der Waals surface area (Å²) < 4.78 is 5.58. The van der Waals surface area contributed by atoms with Gasteiger partial charge in [-0.05, 0) is 36.5 Å². The number of aliphatic hydroxyl groups is 1. The van der Waals surface area contributed by atoms with Gasteiger partial charge in [-0.15, -0.1) is 0 Å². The van der Waals surface area contributed by atoms with Gasteiger partial charge in [-0.25, -0.2) is 0 Å². The van der Waals surface area contributed by atoms with Gasteiger partial charge in [0.15, 0.2) is 0 Å². The van der Waals surface area contributed by atoms with Crippen molar-refractivity contribution in [2.24, 2.45) is 5.41 Å². The Morgan fingerprint density at radius 3 is 2.71 bits per heavy atom. The summed E-state index contributed by atoms with van der Waals surface area (Å²) in [5.74, 6) is 0.832. The van der Waals surface area contributed by atoms with Crippen LogP contribution in [-0.4, -0.2) is 11.7 Å². The first-order chi connectivity index (χ1) is 7.78. The van der Waals surface area contributed by atoms with Crippen molar-refractivity contribution in [1.29, 1.82) is 0 Å². The Morgan fingerprint density at radius 2 is 2.06 bits per heavy atom. The zero-order valence-corrected chi connectivity index (χ0v) is 11.2. The predicted octanol–water partition coefficient (Wildman–Crippen LogP) is 3.27. The molecule has 1 N–H and O–H groups in total. The van der Waals surface area contributed by atoms with Crippen LogP contribution >= 0.6 is 0 Å². The molecule has 1 aromatic carbocycles. The van der Waals surface area contributed by atoms with Gasteiger partial charge in [-0.1, -0.05) is 26.8 Å². The van der Waals surface area contributed by atoms with Crippen LogP contribution in [0.3, 0.4) is 0 Å². The van der Waals surface area contributed by atoms with Gasteiger partial charge in [0.2, 0.25) is 0 Å². The van der Waals surface area contributed by atoms with E-state index in [1.807, 2.05) is 13.0 Å². The third-order valence-electron chi connectivity index (χ3n) is 3.21. The van der Waals surface area contributed by atoms with Crippen molar-refractivity contribution in [2.45, 2.75) is 46.1 Å². The largest absolute Gasteiger partial charge is 0.493 e. The van der Waals surface area contributed by atoms with Crippen LogP contribution in [0.25, 0.3) is 0 Å². The summed E-state index contributed by atoms with van der Waals surface area (Å²) in [5, 5.41) is 10.4. The molecule has 94 valence electrons. The molecule has 2 rings (SSSR count). The fourth-order valence-electron chi connectivity index (χ4n) is 2.34. The van der Waals surface area contributed by atoms with E-state index < -0.39 is 5.60 Å². The van der Waals surface area contributed by atoms with Crippen LogP contribution in [-0.2, 0) is 12.0 Å². The molecule has 0 spiro atoms. The van der Waals surface area contributed by atoms with E-state index in [1.54, 1.807) is 0 Å². The molecular weight excluding hydrogens is 212 g/mol. The first-order valence-corrected chi connectivity index (χ1v) is 6.27. The molecule has 17 heavy (non-hydrogen) atoms. The van der Waals surface area contributed by atoms with E-state index in [-0.39, 0.29) is 5.41 Å². The number of benzene rings is 1. The van der Waals surface area contributed by atoms with E-state index in [0.717, 1.165) is 17.7 Å². The van der Waals surface area contributed by atoms with E-state index in [2.05, 4.69) is 32.9 Å². The molecule has 1 aromatic rings. The molecule has 1 aliphatic rings. The van der Waals surface area contributed by atoms with Gasteiger partial charge in [-0.2, -0.15) is 0 Å². The van der Waals surface area contributed by atoms with Crippen LogP contribution in [0.1, 0.15) is 45.2 Å². The van der Waals surface area contributed by atoms with Crippen molar-refractivity contribution in [1.82, 2.24) is 0 Å². The van der Waals surface area contributed by atoms with Crippen molar-refractivity contribution in [3.8, 4) is 5.75 Å². The van der Waals surface area contributed by atoms with E-state index in [1.165, 1.54) is 5.56 Å². The second-order valence-corrected chi connectivity index (χ2v) is 6.44. The highest BCUT2D eigenvalue weighted by molar-refractivity contribution is 5.42. The maximum Gasteiger partial charge on any atom is 0.125 e. The normalized spacial score (nSPS) is 24.1. The Kier molecular flexibility index (Phi) is 2.94. The second kappa shape index (κ2) is 4.02. The van der Waals surface area contributed by atoms with Gasteiger partial charge in [0, 0.05) is 12.0 Å². The fraction of sp³-hybridized carbons (Fsp3) is 0.600. The number of fused-ring (bicyclic) bond motifs is 1. The monoisotopic (exact) mass is 234 g/mol.